The zero-order chi connectivity index (χ0) is 13.1. The van der Waals surface area contributed by atoms with Crippen molar-refractivity contribution in [2.24, 2.45) is 4.99 Å². The lowest BCUT2D eigenvalue weighted by molar-refractivity contribution is -0.118. The van der Waals surface area contributed by atoms with E-state index in [4.69, 9.17) is 0 Å². The molecule has 0 radical (unpaired) electrons. The van der Waals surface area contributed by atoms with Gasteiger partial charge < -0.3 is 5.32 Å². The van der Waals surface area contributed by atoms with E-state index in [0.717, 1.165) is 6.42 Å². The maximum atomic E-state index is 11.5. The predicted octanol–water partition coefficient (Wildman–Crippen LogP) is 2.52. The van der Waals surface area contributed by atoms with Crippen LogP contribution in [0.1, 0.15) is 30.6 Å². The molecule has 0 unspecified atom stereocenters. The van der Waals surface area contributed by atoms with Gasteiger partial charge in [-0.05, 0) is 25.5 Å². The largest absolute Gasteiger partial charge is 0.304 e. The fourth-order valence-electron chi connectivity index (χ4n) is 1.64. The van der Waals surface area contributed by atoms with Gasteiger partial charge in [0.1, 0.15) is 0 Å². The highest BCUT2D eigenvalue weighted by Gasteiger charge is 2.28. The summed E-state index contributed by atoms with van der Waals surface area (Å²) in [5.41, 5.74) is 1.31. The summed E-state index contributed by atoms with van der Waals surface area (Å²) < 4.78 is 0. The molecule has 0 bridgehead atoms. The quantitative estimate of drug-likeness (QED) is 0.851. The highest BCUT2D eigenvalue weighted by molar-refractivity contribution is 8.15. The zero-order valence-electron chi connectivity index (χ0n) is 10.3. The minimum absolute atomic E-state index is 0.00368. The zero-order valence-corrected chi connectivity index (χ0v) is 11.1. The number of amidine groups is 1. The molecule has 1 amide bonds. The van der Waals surface area contributed by atoms with Gasteiger partial charge in [-0.1, -0.05) is 30.8 Å². The summed E-state index contributed by atoms with van der Waals surface area (Å²) in [7, 11) is 0. The summed E-state index contributed by atoms with van der Waals surface area (Å²) in [6, 6.07) is 7.07. The van der Waals surface area contributed by atoms with E-state index >= 15 is 0 Å². The highest BCUT2D eigenvalue weighted by atomic mass is 32.2. The van der Waals surface area contributed by atoms with Gasteiger partial charge in [-0.3, -0.25) is 9.59 Å². The molecule has 1 saturated heterocycles. The van der Waals surface area contributed by atoms with E-state index in [1.165, 1.54) is 18.7 Å². The first-order valence-corrected chi connectivity index (χ1v) is 6.65. The van der Waals surface area contributed by atoms with Crippen LogP contribution in [0.4, 0.5) is 5.69 Å². The van der Waals surface area contributed by atoms with Crippen molar-refractivity contribution in [3.05, 3.63) is 29.8 Å². The van der Waals surface area contributed by atoms with Crippen molar-refractivity contribution in [3.63, 3.8) is 0 Å². The number of benzene rings is 1. The number of nitrogens with zero attached hydrogens (tertiary/aromatic N) is 1. The number of aliphatic imine (C=N–C) groups is 1. The number of nitrogens with one attached hydrogen (secondary N) is 1. The third-order valence-corrected chi connectivity index (χ3v) is 3.88. The lowest BCUT2D eigenvalue weighted by atomic mass is 10.1. The van der Waals surface area contributed by atoms with Crippen molar-refractivity contribution in [1.29, 1.82) is 0 Å². The van der Waals surface area contributed by atoms with Crippen LogP contribution >= 0.6 is 11.8 Å². The number of hydrogen-bond donors (Lipinski definition) is 1. The fourth-order valence-corrected chi connectivity index (χ4v) is 2.56. The molecule has 1 N–H and O–H groups in total. The Kier molecular flexibility index (Phi) is 3.81. The minimum Gasteiger partial charge on any atom is -0.304 e. The number of carbonyl (C=O) groups excluding carboxylic acids is 2. The topological polar surface area (TPSA) is 58.5 Å². The molecule has 0 saturated carbocycles. The molecule has 5 heteroatoms. The molecule has 18 heavy (non-hydrogen) atoms. The molecule has 1 aromatic carbocycles. The van der Waals surface area contributed by atoms with Crippen LogP contribution in [-0.2, 0) is 4.79 Å². The van der Waals surface area contributed by atoms with Gasteiger partial charge in [0.05, 0.1) is 10.9 Å². The molecule has 1 aliphatic rings. The van der Waals surface area contributed by atoms with Crippen LogP contribution in [0.5, 0.6) is 0 Å². The van der Waals surface area contributed by atoms with E-state index in [0.29, 0.717) is 16.4 Å². The summed E-state index contributed by atoms with van der Waals surface area (Å²) in [5.74, 6) is 0.00979. The molecule has 1 aliphatic heterocycles. The maximum absolute atomic E-state index is 11.5. The lowest BCUT2D eigenvalue weighted by Gasteiger charge is -1.99. The Hall–Kier alpha value is -1.62. The molecule has 0 aromatic heterocycles. The van der Waals surface area contributed by atoms with Crippen molar-refractivity contribution in [3.8, 4) is 0 Å². The molecular formula is C13H14N2O2S. The molecular weight excluding hydrogens is 248 g/mol. The SMILES string of the molecule is CC[C@H]1SC(=Nc2cccc(C(C)=O)c2)NC1=O. The Balaban J connectivity index is 2.21. The second-order valence-electron chi connectivity index (χ2n) is 4.03. The van der Waals surface area contributed by atoms with Crippen LogP contribution in [-0.4, -0.2) is 22.1 Å². The van der Waals surface area contributed by atoms with E-state index in [1.54, 1.807) is 18.2 Å². The van der Waals surface area contributed by atoms with Gasteiger partial charge in [-0.25, -0.2) is 4.99 Å². The number of thioether (sulfide) groups is 1. The van der Waals surface area contributed by atoms with Crippen LogP contribution < -0.4 is 5.32 Å². The number of rotatable bonds is 3. The van der Waals surface area contributed by atoms with Gasteiger partial charge in [-0.2, -0.15) is 0 Å². The second kappa shape index (κ2) is 5.35. The molecule has 1 heterocycles. The third kappa shape index (κ3) is 2.79. The molecule has 1 fully saturated rings. The average Bonchev–Trinajstić information content (AvgIpc) is 2.69. The van der Waals surface area contributed by atoms with Gasteiger partial charge in [0.2, 0.25) is 5.91 Å². The summed E-state index contributed by atoms with van der Waals surface area (Å²) in [6.07, 6.45) is 0.781. The number of Topliss-reactive ketones (excluding diaryl/α,β-unsaturated/α-hetero) is 1. The van der Waals surface area contributed by atoms with Crippen molar-refractivity contribution in [2.45, 2.75) is 25.5 Å². The normalized spacial score (nSPS) is 21.1. The highest BCUT2D eigenvalue weighted by Crippen LogP contribution is 2.25. The molecule has 1 atom stereocenters. The van der Waals surface area contributed by atoms with Crippen molar-refractivity contribution in [2.75, 3.05) is 0 Å². The van der Waals surface area contributed by atoms with Gasteiger partial charge in [0.15, 0.2) is 11.0 Å². The number of hydrogen-bond acceptors (Lipinski definition) is 4. The van der Waals surface area contributed by atoms with Gasteiger partial charge in [0.25, 0.3) is 0 Å². The summed E-state index contributed by atoms with van der Waals surface area (Å²) in [5, 5.41) is 3.29. The molecule has 1 aromatic rings. The van der Waals surface area contributed by atoms with E-state index in [1.807, 2.05) is 13.0 Å². The van der Waals surface area contributed by atoms with Crippen LogP contribution in [0.3, 0.4) is 0 Å². The number of ketones is 1. The van der Waals surface area contributed by atoms with E-state index in [9.17, 15) is 9.59 Å². The Morgan fingerprint density at radius 3 is 2.89 bits per heavy atom. The van der Waals surface area contributed by atoms with E-state index in [-0.39, 0.29) is 16.9 Å². The van der Waals surface area contributed by atoms with Crippen molar-refractivity contribution >= 4 is 34.3 Å². The lowest BCUT2D eigenvalue weighted by Crippen LogP contribution is -2.24. The van der Waals surface area contributed by atoms with Crippen LogP contribution in [0.2, 0.25) is 0 Å². The molecule has 0 spiro atoms. The Labute approximate surface area is 110 Å². The summed E-state index contributed by atoms with van der Waals surface area (Å²) in [6.45, 7) is 3.49. The minimum atomic E-state index is -0.0558. The monoisotopic (exact) mass is 262 g/mol. The number of amides is 1. The standard InChI is InChI=1S/C13H14N2O2S/c1-3-11-12(17)15-13(18-11)14-10-6-4-5-9(7-10)8(2)16/h4-7,11H,3H2,1-2H3,(H,14,15,17)/t11-/m1/s1. The molecule has 0 aliphatic carbocycles. The second-order valence-corrected chi connectivity index (χ2v) is 5.22. The third-order valence-electron chi connectivity index (χ3n) is 2.63. The first-order valence-electron chi connectivity index (χ1n) is 5.77. The Morgan fingerprint density at radius 1 is 1.50 bits per heavy atom. The predicted molar refractivity (Wildman–Crippen MR) is 73.4 cm³/mol. The van der Waals surface area contributed by atoms with Crippen molar-refractivity contribution in [1.82, 2.24) is 5.32 Å². The van der Waals surface area contributed by atoms with Gasteiger partial charge in [-0.15, -0.1) is 0 Å². The van der Waals surface area contributed by atoms with E-state index < -0.39 is 0 Å². The molecule has 94 valence electrons. The number of carbonyl (C=O) groups is 2. The van der Waals surface area contributed by atoms with Crippen LogP contribution in [0.15, 0.2) is 29.3 Å². The molecule has 2 rings (SSSR count). The van der Waals surface area contributed by atoms with Gasteiger partial charge in [0, 0.05) is 5.56 Å². The smallest absolute Gasteiger partial charge is 0.239 e. The van der Waals surface area contributed by atoms with Crippen LogP contribution in [0.25, 0.3) is 0 Å². The first kappa shape index (κ1) is 12.8. The van der Waals surface area contributed by atoms with Crippen LogP contribution in [0, 0.1) is 0 Å². The fraction of sp³-hybridized carbons (Fsp3) is 0.308. The Morgan fingerprint density at radius 2 is 2.28 bits per heavy atom. The Bertz CT molecular complexity index is 525. The van der Waals surface area contributed by atoms with Gasteiger partial charge >= 0.3 is 0 Å². The molecule has 4 nitrogen and oxygen atoms in total. The summed E-state index contributed by atoms with van der Waals surface area (Å²) in [4.78, 5) is 27.1. The maximum Gasteiger partial charge on any atom is 0.239 e. The average molecular weight is 262 g/mol. The van der Waals surface area contributed by atoms with Crippen molar-refractivity contribution < 1.29 is 9.59 Å². The van der Waals surface area contributed by atoms with E-state index in [2.05, 4.69) is 10.3 Å². The summed E-state index contributed by atoms with van der Waals surface area (Å²) >= 11 is 1.43. The first-order chi connectivity index (χ1) is 8.60.